The molecular weight excluding hydrogens is 547 g/mol. The maximum atomic E-state index is 13.8. The number of aromatic nitrogens is 5. The first-order valence-electron chi connectivity index (χ1n) is 12.3. The maximum absolute atomic E-state index is 13.8. The number of hydrogen-bond donors (Lipinski definition) is 1. The van der Waals surface area contributed by atoms with Crippen LogP contribution in [0.5, 0.6) is 0 Å². The molecule has 3 aromatic heterocycles. The lowest BCUT2D eigenvalue weighted by atomic mass is 9.98. The number of likely N-dealkylation sites (tertiary alicyclic amines) is 1. The maximum Gasteiger partial charge on any atom is 0.408 e. The minimum Gasteiger partial charge on any atom is -0.337 e. The number of hydrogen-bond acceptors (Lipinski definition) is 7. The molecular formula is C23H27F5N8O2S. The molecule has 0 atom stereocenters. The Kier molecular flexibility index (Phi) is 7.37. The topological polar surface area (TPSA) is 101 Å². The van der Waals surface area contributed by atoms with Crippen LogP contribution in [-0.4, -0.2) is 86.8 Å². The molecule has 5 heterocycles. The number of anilines is 2. The van der Waals surface area contributed by atoms with Crippen molar-refractivity contribution in [1.82, 2.24) is 33.8 Å². The van der Waals surface area contributed by atoms with Crippen LogP contribution in [0.25, 0.3) is 11.3 Å². The van der Waals surface area contributed by atoms with Crippen LogP contribution in [0, 0.1) is 0 Å². The summed E-state index contributed by atoms with van der Waals surface area (Å²) in [6.07, 6.45) is -0.645. The Balaban J connectivity index is 1.24. The number of sulfonamides is 1. The Bertz CT molecular complexity index is 1410. The molecule has 5 rings (SSSR count). The van der Waals surface area contributed by atoms with Gasteiger partial charge in [-0.15, -0.1) is 0 Å². The molecule has 2 aliphatic rings. The van der Waals surface area contributed by atoms with E-state index in [0.717, 1.165) is 4.68 Å². The molecule has 16 heteroatoms. The zero-order valence-corrected chi connectivity index (χ0v) is 21.7. The van der Waals surface area contributed by atoms with Gasteiger partial charge in [-0.2, -0.15) is 23.4 Å². The summed E-state index contributed by atoms with van der Waals surface area (Å²) in [6.45, 7) is 0.919. The van der Waals surface area contributed by atoms with Crippen molar-refractivity contribution in [1.29, 1.82) is 0 Å². The molecule has 0 aliphatic carbocycles. The lowest BCUT2D eigenvalue weighted by Crippen LogP contribution is -2.56. The summed E-state index contributed by atoms with van der Waals surface area (Å²) in [7, 11) is -3.21. The summed E-state index contributed by atoms with van der Waals surface area (Å²) in [4.78, 5) is 6.56. The first-order chi connectivity index (χ1) is 18.4. The first kappa shape index (κ1) is 27.5. The molecule has 0 amide bonds. The van der Waals surface area contributed by atoms with E-state index in [1.165, 1.54) is 33.8 Å². The zero-order chi connectivity index (χ0) is 27.9. The van der Waals surface area contributed by atoms with Gasteiger partial charge in [-0.3, -0.25) is 14.3 Å². The van der Waals surface area contributed by atoms with Gasteiger partial charge in [-0.05, 0) is 25.0 Å². The van der Waals surface area contributed by atoms with Gasteiger partial charge in [0.25, 0.3) is 6.43 Å². The lowest BCUT2D eigenvalue weighted by Gasteiger charge is -2.46. The Hall–Kier alpha value is -3.11. The van der Waals surface area contributed by atoms with E-state index in [0.29, 0.717) is 50.3 Å². The largest absolute Gasteiger partial charge is 0.408 e. The van der Waals surface area contributed by atoms with Gasteiger partial charge in [-0.25, -0.2) is 26.5 Å². The molecule has 0 unspecified atom stereocenters. The summed E-state index contributed by atoms with van der Waals surface area (Å²) in [6, 6.07) is 4.88. The minimum atomic E-state index is -4.42. The van der Waals surface area contributed by atoms with Crippen LogP contribution in [0.3, 0.4) is 0 Å². The van der Waals surface area contributed by atoms with Gasteiger partial charge < -0.3 is 5.32 Å². The number of pyridine rings is 1. The molecule has 2 aliphatic heterocycles. The summed E-state index contributed by atoms with van der Waals surface area (Å²) >= 11 is 0. The summed E-state index contributed by atoms with van der Waals surface area (Å²) in [5.41, 5.74) is 0.336. The van der Waals surface area contributed by atoms with E-state index in [2.05, 4.69) is 25.4 Å². The van der Waals surface area contributed by atoms with E-state index in [1.807, 2.05) is 0 Å². The van der Waals surface area contributed by atoms with Crippen molar-refractivity contribution in [3.63, 3.8) is 0 Å². The van der Waals surface area contributed by atoms with Crippen molar-refractivity contribution in [3.05, 3.63) is 42.5 Å². The van der Waals surface area contributed by atoms with Crippen LogP contribution in [0.2, 0.25) is 0 Å². The van der Waals surface area contributed by atoms with Crippen molar-refractivity contribution in [2.45, 2.75) is 44.1 Å². The SMILES string of the molecule is CS(=O)(=O)N1CCC(N2CC(n3cc(Nc4cccc(-c5cnn(CC(F)(F)F)c5)n4)c(C(F)F)n3)C2)CC1. The predicted octanol–water partition coefficient (Wildman–Crippen LogP) is 3.67. The van der Waals surface area contributed by atoms with Crippen molar-refractivity contribution in [2.75, 3.05) is 37.8 Å². The smallest absolute Gasteiger partial charge is 0.337 e. The van der Waals surface area contributed by atoms with Crippen LogP contribution in [0.1, 0.15) is 31.0 Å². The van der Waals surface area contributed by atoms with E-state index in [4.69, 9.17) is 0 Å². The van der Waals surface area contributed by atoms with Gasteiger partial charge in [-0.1, -0.05) is 6.07 Å². The minimum absolute atomic E-state index is 0.0855. The number of rotatable bonds is 8. The summed E-state index contributed by atoms with van der Waals surface area (Å²) < 4.78 is 92.7. The highest BCUT2D eigenvalue weighted by Gasteiger charge is 2.37. The second-order valence-corrected chi connectivity index (χ2v) is 11.8. The lowest BCUT2D eigenvalue weighted by molar-refractivity contribution is -0.142. The Morgan fingerprint density at radius 2 is 1.82 bits per heavy atom. The normalized spacial score (nSPS) is 18.5. The van der Waals surface area contributed by atoms with Gasteiger partial charge in [0, 0.05) is 50.2 Å². The van der Waals surface area contributed by atoms with Gasteiger partial charge >= 0.3 is 6.18 Å². The fourth-order valence-corrected chi connectivity index (χ4v) is 5.79. The van der Waals surface area contributed by atoms with Crippen molar-refractivity contribution >= 4 is 21.5 Å². The van der Waals surface area contributed by atoms with E-state index in [1.54, 1.807) is 18.2 Å². The molecule has 0 saturated carbocycles. The van der Waals surface area contributed by atoms with E-state index < -0.39 is 34.9 Å². The number of halogens is 5. The number of piperidine rings is 1. The quantitative estimate of drug-likeness (QED) is 0.410. The average Bonchev–Trinajstić information content (AvgIpc) is 3.44. The van der Waals surface area contributed by atoms with Crippen LogP contribution in [0.15, 0.2) is 36.8 Å². The average molecular weight is 575 g/mol. The van der Waals surface area contributed by atoms with Crippen molar-refractivity contribution in [3.8, 4) is 11.3 Å². The third kappa shape index (κ3) is 6.38. The third-order valence-corrected chi connectivity index (χ3v) is 8.23. The molecule has 0 radical (unpaired) electrons. The van der Waals surface area contributed by atoms with Gasteiger partial charge in [0.1, 0.15) is 12.4 Å². The number of nitrogens with zero attached hydrogens (tertiary/aromatic N) is 7. The second-order valence-electron chi connectivity index (χ2n) is 9.78. The molecule has 3 aromatic rings. The van der Waals surface area contributed by atoms with Crippen molar-refractivity contribution in [2.24, 2.45) is 0 Å². The molecule has 212 valence electrons. The third-order valence-electron chi connectivity index (χ3n) is 6.92. The highest BCUT2D eigenvalue weighted by molar-refractivity contribution is 7.88. The van der Waals surface area contributed by atoms with Gasteiger partial charge in [0.2, 0.25) is 10.0 Å². The van der Waals surface area contributed by atoms with Crippen LogP contribution in [0.4, 0.5) is 33.5 Å². The Labute approximate surface area is 221 Å². The molecule has 0 aromatic carbocycles. The van der Waals surface area contributed by atoms with Gasteiger partial charge in [0.05, 0.1) is 29.9 Å². The standard InChI is InChI=1S/C23H27F5N8O2S/c1-39(37,38)35-7-5-16(6-8-35)33-11-17(12-33)36-13-19(21(32-36)22(24)25)31-20-4-2-3-18(30-20)15-9-29-34(10-15)14-23(26,27)28/h2-4,9-10,13,16-17,22H,5-8,11-12,14H2,1H3,(H,30,31). The molecule has 10 nitrogen and oxygen atoms in total. The van der Waals surface area contributed by atoms with Crippen LogP contribution >= 0.6 is 0 Å². The van der Waals surface area contributed by atoms with Crippen LogP contribution in [-0.2, 0) is 16.6 Å². The highest BCUT2D eigenvalue weighted by Crippen LogP contribution is 2.33. The van der Waals surface area contributed by atoms with Gasteiger partial charge in [0.15, 0.2) is 5.69 Å². The van der Waals surface area contributed by atoms with E-state index in [9.17, 15) is 30.4 Å². The monoisotopic (exact) mass is 574 g/mol. The fraction of sp³-hybridized carbons (Fsp3) is 0.522. The molecule has 2 saturated heterocycles. The summed E-state index contributed by atoms with van der Waals surface area (Å²) in [5, 5.41) is 10.7. The second kappa shape index (κ2) is 10.5. The molecule has 1 N–H and O–H groups in total. The fourth-order valence-electron chi connectivity index (χ4n) is 4.91. The first-order valence-corrected chi connectivity index (χ1v) is 14.1. The predicted molar refractivity (Wildman–Crippen MR) is 132 cm³/mol. The Morgan fingerprint density at radius 1 is 1.10 bits per heavy atom. The summed E-state index contributed by atoms with van der Waals surface area (Å²) in [5.74, 6) is 0.227. The molecule has 0 spiro atoms. The molecule has 2 fully saturated rings. The molecule has 0 bridgehead atoms. The van der Waals surface area contributed by atoms with Crippen LogP contribution < -0.4 is 5.32 Å². The van der Waals surface area contributed by atoms with Crippen molar-refractivity contribution < 1.29 is 30.4 Å². The van der Waals surface area contributed by atoms with E-state index >= 15 is 0 Å². The Morgan fingerprint density at radius 3 is 2.46 bits per heavy atom. The van der Waals surface area contributed by atoms with E-state index in [-0.39, 0.29) is 23.6 Å². The zero-order valence-electron chi connectivity index (χ0n) is 20.9. The number of nitrogens with one attached hydrogen (secondary N) is 1. The highest BCUT2D eigenvalue weighted by atomic mass is 32.2. The molecule has 39 heavy (non-hydrogen) atoms. The number of alkyl halides is 5.